The van der Waals surface area contributed by atoms with Crippen LogP contribution in [0.3, 0.4) is 0 Å². The SMILES string of the molecule is COCc1nc([C@H]2COCCN2C(=O)c2cncc(-c3cccc(C)c3)c2)no1. The lowest BCUT2D eigenvalue weighted by atomic mass is 10.0. The van der Waals surface area contributed by atoms with E-state index in [-0.39, 0.29) is 12.5 Å². The van der Waals surface area contributed by atoms with Crippen molar-refractivity contribution in [3.05, 3.63) is 65.6 Å². The Labute approximate surface area is 168 Å². The molecule has 0 unspecified atom stereocenters. The minimum absolute atomic E-state index is 0.140. The number of amides is 1. The second-order valence-electron chi connectivity index (χ2n) is 6.90. The third-order valence-electron chi connectivity index (χ3n) is 4.78. The molecule has 8 nitrogen and oxygen atoms in total. The van der Waals surface area contributed by atoms with Crippen LogP contribution in [-0.2, 0) is 16.1 Å². The molecule has 1 saturated heterocycles. The summed E-state index contributed by atoms with van der Waals surface area (Å²) in [6.45, 7) is 3.45. The van der Waals surface area contributed by atoms with E-state index in [2.05, 4.69) is 21.2 Å². The van der Waals surface area contributed by atoms with Gasteiger partial charge in [0.2, 0.25) is 0 Å². The van der Waals surface area contributed by atoms with Crippen LogP contribution in [0.15, 0.2) is 47.2 Å². The van der Waals surface area contributed by atoms with E-state index < -0.39 is 6.04 Å². The molecule has 2 aromatic heterocycles. The van der Waals surface area contributed by atoms with Crippen molar-refractivity contribution in [1.29, 1.82) is 0 Å². The Bertz CT molecular complexity index is 1000. The number of carbonyl (C=O) groups is 1. The predicted octanol–water partition coefficient (Wildman–Crippen LogP) is 2.80. The summed E-state index contributed by atoms with van der Waals surface area (Å²) in [5.74, 6) is 0.634. The van der Waals surface area contributed by atoms with Crippen LogP contribution in [0.2, 0.25) is 0 Å². The predicted molar refractivity (Wildman–Crippen MR) is 104 cm³/mol. The fourth-order valence-electron chi connectivity index (χ4n) is 3.35. The molecule has 150 valence electrons. The normalized spacial score (nSPS) is 16.8. The molecule has 0 N–H and O–H groups in total. The van der Waals surface area contributed by atoms with Crippen molar-refractivity contribution in [2.45, 2.75) is 19.6 Å². The molecule has 1 fully saturated rings. The highest BCUT2D eigenvalue weighted by atomic mass is 16.5. The van der Waals surface area contributed by atoms with Crippen molar-refractivity contribution >= 4 is 5.91 Å². The molecule has 0 aliphatic carbocycles. The van der Waals surface area contributed by atoms with Gasteiger partial charge in [0.05, 0.1) is 18.8 Å². The first-order chi connectivity index (χ1) is 14.2. The van der Waals surface area contributed by atoms with E-state index in [1.165, 1.54) is 0 Å². The molecule has 8 heteroatoms. The zero-order valence-electron chi connectivity index (χ0n) is 16.4. The number of aryl methyl sites for hydroxylation is 1. The molecule has 0 saturated carbocycles. The number of rotatable bonds is 5. The molecular weight excluding hydrogens is 372 g/mol. The Morgan fingerprint density at radius 2 is 2.17 bits per heavy atom. The Hall–Kier alpha value is -3.10. The summed E-state index contributed by atoms with van der Waals surface area (Å²) in [6, 6.07) is 9.54. The van der Waals surface area contributed by atoms with Gasteiger partial charge in [0.15, 0.2) is 5.82 Å². The maximum Gasteiger partial charge on any atom is 0.256 e. The zero-order chi connectivity index (χ0) is 20.2. The van der Waals surface area contributed by atoms with Gasteiger partial charge >= 0.3 is 0 Å². The van der Waals surface area contributed by atoms with E-state index in [1.807, 2.05) is 31.2 Å². The van der Waals surface area contributed by atoms with Crippen molar-refractivity contribution in [2.75, 3.05) is 26.9 Å². The molecule has 4 rings (SSSR count). The first-order valence-corrected chi connectivity index (χ1v) is 9.38. The Morgan fingerprint density at radius 1 is 1.28 bits per heavy atom. The lowest BCUT2D eigenvalue weighted by Crippen LogP contribution is -2.43. The van der Waals surface area contributed by atoms with Gasteiger partial charge < -0.3 is 18.9 Å². The van der Waals surface area contributed by atoms with E-state index >= 15 is 0 Å². The van der Waals surface area contributed by atoms with E-state index in [0.29, 0.717) is 37.0 Å². The van der Waals surface area contributed by atoms with Gasteiger partial charge in [-0.2, -0.15) is 4.98 Å². The second kappa shape index (κ2) is 8.50. The molecule has 1 amide bonds. The van der Waals surface area contributed by atoms with Crippen molar-refractivity contribution in [1.82, 2.24) is 20.0 Å². The summed E-state index contributed by atoms with van der Waals surface area (Å²) in [6.07, 6.45) is 3.35. The van der Waals surface area contributed by atoms with Crippen LogP contribution >= 0.6 is 0 Å². The smallest absolute Gasteiger partial charge is 0.256 e. The molecule has 1 aliphatic rings. The molecule has 29 heavy (non-hydrogen) atoms. The summed E-state index contributed by atoms with van der Waals surface area (Å²) in [7, 11) is 1.55. The molecule has 0 bridgehead atoms. The number of methoxy groups -OCH3 is 1. The monoisotopic (exact) mass is 394 g/mol. The standard InChI is InChI=1S/C21H22N4O4/c1-14-4-3-5-15(8-14)16-9-17(11-22-10-16)21(26)25-6-7-28-12-18(25)20-23-19(13-27-2)29-24-20/h3-5,8-11,18H,6-7,12-13H2,1-2H3/t18-/m1/s1. The van der Waals surface area contributed by atoms with E-state index in [1.54, 1.807) is 24.4 Å². The van der Waals surface area contributed by atoms with Crippen LogP contribution in [0.25, 0.3) is 11.1 Å². The van der Waals surface area contributed by atoms with Crippen molar-refractivity contribution in [3.8, 4) is 11.1 Å². The Morgan fingerprint density at radius 3 is 3.00 bits per heavy atom. The molecule has 1 atom stereocenters. The van der Waals surface area contributed by atoms with Crippen molar-refractivity contribution < 1.29 is 18.8 Å². The zero-order valence-corrected chi connectivity index (χ0v) is 16.4. The summed E-state index contributed by atoms with van der Waals surface area (Å²) >= 11 is 0. The third kappa shape index (κ3) is 4.18. The van der Waals surface area contributed by atoms with E-state index in [9.17, 15) is 4.79 Å². The van der Waals surface area contributed by atoms with Gasteiger partial charge in [-0.25, -0.2) is 0 Å². The first kappa shape index (κ1) is 19.2. The summed E-state index contributed by atoms with van der Waals surface area (Å²) in [5, 5.41) is 4.00. The lowest BCUT2D eigenvalue weighted by Gasteiger charge is -2.33. The second-order valence-corrected chi connectivity index (χ2v) is 6.90. The first-order valence-electron chi connectivity index (χ1n) is 9.38. The Kier molecular flexibility index (Phi) is 5.64. The highest BCUT2D eigenvalue weighted by Gasteiger charge is 2.33. The van der Waals surface area contributed by atoms with Gasteiger partial charge in [-0.15, -0.1) is 0 Å². The third-order valence-corrected chi connectivity index (χ3v) is 4.78. The summed E-state index contributed by atoms with van der Waals surface area (Å²) < 4.78 is 15.8. The maximum atomic E-state index is 13.3. The number of morpholine rings is 1. The number of benzene rings is 1. The molecule has 3 aromatic rings. The Balaban J connectivity index is 1.61. The number of ether oxygens (including phenoxy) is 2. The largest absolute Gasteiger partial charge is 0.377 e. The lowest BCUT2D eigenvalue weighted by molar-refractivity contribution is -0.00578. The molecule has 0 spiro atoms. The molecule has 1 aromatic carbocycles. The van der Waals surface area contributed by atoms with Gasteiger partial charge in [0, 0.05) is 31.6 Å². The van der Waals surface area contributed by atoms with Gasteiger partial charge in [0.25, 0.3) is 11.8 Å². The van der Waals surface area contributed by atoms with Crippen LogP contribution in [0.4, 0.5) is 0 Å². The van der Waals surface area contributed by atoms with E-state index in [0.717, 1.165) is 16.7 Å². The minimum Gasteiger partial charge on any atom is -0.377 e. The van der Waals surface area contributed by atoms with Crippen molar-refractivity contribution in [3.63, 3.8) is 0 Å². The highest BCUT2D eigenvalue weighted by molar-refractivity contribution is 5.95. The van der Waals surface area contributed by atoms with Gasteiger partial charge in [-0.05, 0) is 18.6 Å². The number of nitrogens with zero attached hydrogens (tertiary/aromatic N) is 4. The number of aromatic nitrogens is 3. The summed E-state index contributed by atoms with van der Waals surface area (Å²) in [5.41, 5.74) is 3.58. The van der Waals surface area contributed by atoms with Crippen LogP contribution in [0.5, 0.6) is 0 Å². The highest BCUT2D eigenvalue weighted by Crippen LogP contribution is 2.26. The van der Waals surface area contributed by atoms with Crippen LogP contribution in [0, 0.1) is 6.92 Å². The van der Waals surface area contributed by atoms with Crippen LogP contribution < -0.4 is 0 Å². The average molecular weight is 394 g/mol. The van der Waals surface area contributed by atoms with Gasteiger partial charge in [-0.1, -0.05) is 35.0 Å². The topological polar surface area (TPSA) is 90.6 Å². The fourth-order valence-corrected chi connectivity index (χ4v) is 3.35. The number of carbonyl (C=O) groups excluding carboxylic acids is 1. The van der Waals surface area contributed by atoms with E-state index in [4.69, 9.17) is 14.0 Å². The molecular formula is C21H22N4O4. The number of pyridine rings is 1. The quantitative estimate of drug-likeness (QED) is 0.657. The van der Waals surface area contributed by atoms with Gasteiger partial charge in [0.1, 0.15) is 12.6 Å². The molecule has 3 heterocycles. The maximum absolute atomic E-state index is 13.3. The summed E-state index contributed by atoms with van der Waals surface area (Å²) in [4.78, 5) is 23.6. The van der Waals surface area contributed by atoms with Crippen LogP contribution in [-0.4, -0.2) is 52.8 Å². The van der Waals surface area contributed by atoms with Crippen LogP contribution in [0.1, 0.15) is 33.7 Å². The van der Waals surface area contributed by atoms with Gasteiger partial charge in [-0.3, -0.25) is 9.78 Å². The minimum atomic E-state index is -0.423. The van der Waals surface area contributed by atoms with Crippen molar-refractivity contribution in [2.24, 2.45) is 0 Å². The molecule has 0 radical (unpaired) electrons. The fraction of sp³-hybridized carbons (Fsp3) is 0.333. The average Bonchev–Trinajstić information content (AvgIpc) is 3.22. The number of hydrogen-bond donors (Lipinski definition) is 0. The number of hydrogen-bond acceptors (Lipinski definition) is 7. The molecule has 1 aliphatic heterocycles.